The van der Waals surface area contributed by atoms with Gasteiger partial charge in [0.05, 0.1) is 5.69 Å². The van der Waals surface area contributed by atoms with Crippen molar-refractivity contribution >= 4 is 17.4 Å². The third-order valence-corrected chi connectivity index (χ3v) is 4.15. The summed E-state index contributed by atoms with van der Waals surface area (Å²) in [4.78, 5) is 14.2. The van der Waals surface area contributed by atoms with Gasteiger partial charge in [0.25, 0.3) is 0 Å². The number of para-hydroxylation sites is 1. The number of carbonyl (C=O) groups is 1. The molecule has 0 bridgehead atoms. The highest BCUT2D eigenvalue weighted by atomic mass is 19.2. The van der Waals surface area contributed by atoms with E-state index < -0.39 is 17.7 Å². The summed E-state index contributed by atoms with van der Waals surface area (Å²) in [6.45, 7) is 1.67. The molecule has 24 heavy (non-hydrogen) atoms. The van der Waals surface area contributed by atoms with Crippen molar-refractivity contribution in [3.8, 4) is 0 Å². The first-order valence-corrected chi connectivity index (χ1v) is 7.95. The van der Waals surface area contributed by atoms with Crippen molar-refractivity contribution in [2.24, 2.45) is 0 Å². The molecule has 2 aromatic carbocycles. The minimum atomic E-state index is -1.05. The highest BCUT2D eigenvalue weighted by Crippen LogP contribution is 2.20. The van der Waals surface area contributed by atoms with Crippen molar-refractivity contribution < 1.29 is 13.6 Å². The van der Waals surface area contributed by atoms with Crippen LogP contribution in [0.3, 0.4) is 0 Å². The number of piperidine rings is 1. The van der Waals surface area contributed by atoms with E-state index in [1.54, 1.807) is 0 Å². The molecule has 2 amide bonds. The molecule has 0 saturated carbocycles. The molecular weight excluding hydrogens is 312 g/mol. The lowest BCUT2D eigenvalue weighted by Crippen LogP contribution is -2.46. The molecule has 0 aromatic heterocycles. The number of nitrogens with zero attached hydrogens (tertiary/aromatic N) is 1. The largest absolute Gasteiger partial charge is 0.371 e. The highest BCUT2D eigenvalue weighted by Gasteiger charge is 2.21. The summed E-state index contributed by atoms with van der Waals surface area (Å²) < 4.78 is 26.7. The van der Waals surface area contributed by atoms with Crippen LogP contribution in [0.1, 0.15) is 12.8 Å². The fourth-order valence-electron chi connectivity index (χ4n) is 2.86. The van der Waals surface area contributed by atoms with Gasteiger partial charge < -0.3 is 15.5 Å². The van der Waals surface area contributed by atoms with E-state index in [0.29, 0.717) is 0 Å². The van der Waals surface area contributed by atoms with Gasteiger partial charge in [-0.05, 0) is 37.1 Å². The fourth-order valence-corrected chi connectivity index (χ4v) is 2.86. The van der Waals surface area contributed by atoms with Gasteiger partial charge in [-0.3, -0.25) is 0 Å². The number of carbonyl (C=O) groups excluding carboxylic acids is 1. The number of amides is 2. The number of urea groups is 1. The predicted molar refractivity (Wildman–Crippen MR) is 90.2 cm³/mol. The Morgan fingerprint density at radius 2 is 1.71 bits per heavy atom. The number of benzene rings is 2. The maximum Gasteiger partial charge on any atom is 0.319 e. The van der Waals surface area contributed by atoms with Crippen LogP contribution >= 0.6 is 0 Å². The summed E-state index contributed by atoms with van der Waals surface area (Å²) in [6, 6.07) is 13.3. The van der Waals surface area contributed by atoms with Crippen LogP contribution in [0, 0.1) is 11.6 Å². The van der Waals surface area contributed by atoms with Crippen LogP contribution in [0.15, 0.2) is 48.5 Å². The third-order valence-electron chi connectivity index (χ3n) is 4.15. The van der Waals surface area contributed by atoms with Gasteiger partial charge in [0, 0.05) is 24.8 Å². The second kappa shape index (κ2) is 7.29. The molecule has 0 aliphatic carbocycles. The van der Waals surface area contributed by atoms with Gasteiger partial charge in [-0.15, -0.1) is 0 Å². The van der Waals surface area contributed by atoms with E-state index in [0.717, 1.165) is 32.0 Å². The van der Waals surface area contributed by atoms with Gasteiger partial charge in [0.15, 0.2) is 11.6 Å². The van der Waals surface area contributed by atoms with Crippen LogP contribution in [0.2, 0.25) is 0 Å². The van der Waals surface area contributed by atoms with Crippen LogP contribution in [0.5, 0.6) is 0 Å². The quantitative estimate of drug-likeness (QED) is 0.899. The number of hydrogen-bond acceptors (Lipinski definition) is 2. The van der Waals surface area contributed by atoms with Gasteiger partial charge in [0.2, 0.25) is 0 Å². The summed E-state index contributed by atoms with van der Waals surface area (Å²) in [7, 11) is 0. The van der Waals surface area contributed by atoms with Crippen LogP contribution in [0.4, 0.5) is 25.0 Å². The summed E-state index contributed by atoms with van der Waals surface area (Å²) >= 11 is 0. The van der Waals surface area contributed by atoms with Crippen LogP contribution in [-0.2, 0) is 0 Å². The lowest BCUT2D eigenvalue weighted by molar-refractivity contribution is 0.246. The SMILES string of the molecule is O=C(Nc1cccc(F)c1F)NC1CCN(c2ccccc2)CC1. The summed E-state index contributed by atoms with van der Waals surface area (Å²) in [5.74, 6) is -2.03. The van der Waals surface area contributed by atoms with Crippen LogP contribution < -0.4 is 15.5 Å². The van der Waals surface area contributed by atoms with Gasteiger partial charge in [-0.1, -0.05) is 24.3 Å². The topological polar surface area (TPSA) is 44.4 Å². The number of hydrogen-bond donors (Lipinski definition) is 2. The number of nitrogens with one attached hydrogen (secondary N) is 2. The van der Waals surface area contributed by atoms with Crippen molar-refractivity contribution in [1.29, 1.82) is 0 Å². The number of anilines is 2. The molecule has 1 fully saturated rings. The maximum atomic E-state index is 13.6. The minimum absolute atomic E-state index is 0.0154. The molecule has 0 radical (unpaired) electrons. The first-order valence-electron chi connectivity index (χ1n) is 7.95. The number of halogens is 2. The van der Waals surface area contributed by atoms with E-state index in [4.69, 9.17) is 0 Å². The Morgan fingerprint density at radius 1 is 1.00 bits per heavy atom. The monoisotopic (exact) mass is 331 g/mol. The zero-order valence-electron chi connectivity index (χ0n) is 13.1. The first-order chi connectivity index (χ1) is 11.6. The summed E-state index contributed by atoms with van der Waals surface area (Å²) in [6.07, 6.45) is 1.60. The standard InChI is InChI=1S/C18H19F2N3O/c19-15-7-4-8-16(17(15)20)22-18(24)21-13-9-11-23(12-10-13)14-5-2-1-3-6-14/h1-8,13H,9-12H2,(H2,21,22,24). The smallest absolute Gasteiger partial charge is 0.319 e. The van der Waals surface area contributed by atoms with E-state index in [2.05, 4.69) is 27.7 Å². The third kappa shape index (κ3) is 3.82. The second-order valence-corrected chi connectivity index (χ2v) is 5.80. The van der Waals surface area contributed by atoms with E-state index in [-0.39, 0.29) is 11.7 Å². The average molecular weight is 331 g/mol. The molecular formula is C18H19F2N3O. The van der Waals surface area contributed by atoms with Crippen LogP contribution in [-0.4, -0.2) is 25.2 Å². The minimum Gasteiger partial charge on any atom is -0.371 e. The molecule has 2 aromatic rings. The molecule has 0 atom stereocenters. The molecule has 3 rings (SSSR count). The van der Waals surface area contributed by atoms with E-state index in [1.165, 1.54) is 17.8 Å². The van der Waals surface area contributed by atoms with Crippen molar-refractivity contribution in [2.75, 3.05) is 23.3 Å². The Hall–Kier alpha value is -2.63. The average Bonchev–Trinajstić information content (AvgIpc) is 2.60. The predicted octanol–water partition coefficient (Wildman–Crippen LogP) is 3.76. The molecule has 1 aliphatic heterocycles. The van der Waals surface area contributed by atoms with Gasteiger partial charge in [-0.2, -0.15) is 0 Å². The normalized spacial score (nSPS) is 15.2. The fraction of sp³-hybridized carbons (Fsp3) is 0.278. The Morgan fingerprint density at radius 3 is 2.42 bits per heavy atom. The second-order valence-electron chi connectivity index (χ2n) is 5.80. The lowest BCUT2D eigenvalue weighted by Gasteiger charge is -2.33. The van der Waals surface area contributed by atoms with E-state index in [9.17, 15) is 13.6 Å². The maximum absolute atomic E-state index is 13.6. The zero-order chi connectivity index (χ0) is 16.9. The van der Waals surface area contributed by atoms with Crippen molar-refractivity contribution in [3.63, 3.8) is 0 Å². The lowest BCUT2D eigenvalue weighted by atomic mass is 10.0. The molecule has 1 heterocycles. The molecule has 0 unspecified atom stereocenters. The van der Waals surface area contributed by atoms with Crippen molar-refractivity contribution in [3.05, 3.63) is 60.2 Å². The first kappa shape index (κ1) is 16.2. The molecule has 126 valence electrons. The van der Waals surface area contributed by atoms with Gasteiger partial charge in [-0.25, -0.2) is 13.6 Å². The molecule has 6 heteroatoms. The Balaban J connectivity index is 1.51. The Bertz CT molecular complexity index is 701. The van der Waals surface area contributed by atoms with Crippen molar-refractivity contribution in [2.45, 2.75) is 18.9 Å². The van der Waals surface area contributed by atoms with E-state index >= 15 is 0 Å². The Kier molecular flexibility index (Phi) is 4.93. The summed E-state index contributed by atoms with van der Waals surface area (Å²) in [5, 5.41) is 5.18. The molecule has 1 aliphatic rings. The molecule has 2 N–H and O–H groups in total. The van der Waals surface area contributed by atoms with E-state index in [1.807, 2.05) is 18.2 Å². The summed E-state index contributed by atoms with van der Waals surface area (Å²) in [5.41, 5.74) is 1.01. The molecule has 0 spiro atoms. The van der Waals surface area contributed by atoms with Crippen molar-refractivity contribution in [1.82, 2.24) is 5.32 Å². The highest BCUT2D eigenvalue weighted by molar-refractivity contribution is 5.89. The number of rotatable bonds is 3. The van der Waals surface area contributed by atoms with Gasteiger partial charge in [0.1, 0.15) is 0 Å². The zero-order valence-corrected chi connectivity index (χ0v) is 13.1. The Labute approximate surface area is 139 Å². The molecule has 1 saturated heterocycles. The van der Waals surface area contributed by atoms with Gasteiger partial charge >= 0.3 is 6.03 Å². The molecule has 4 nitrogen and oxygen atoms in total. The van der Waals surface area contributed by atoms with Crippen LogP contribution in [0.25, 0.3) is 0 Å².